The average molecular weight is 1540 g/mol. The van der Waals surface area contributed by atoms with Crippen LogP contribution in [0.5, 0.6) is 23.8 Å². The van der Waals surface area contributed by atoms with Gasteiger partial charge in [-0.25, -0.2) is 39.3 Å². The molecule has 95 heavy (non-hydrogen) atoms. The van der Waals surface area contributed by atoms with E-state index in [-0.39, 0.29) is 38.5 Å². The Morgan fingerprint density at radius 3 is 1.44 bits per heavy atom. The third-order valence-electron chi connectivity index (χ3n) is 11.5. The van der Waals surface area contributed by atoms with Crippen LogP contribution in [0.25, 0.3) is 71.5 Å². The van der Waals surface area contributed by atoms with Crippen LogP contribution < -0.4 is 52.7 Å². The van der Waals surface area contributed by atoms with Crippen LogP contribution in [0.15, 0.2) is 94.0 Å². The number of esters is 1. The third-order valence-corrected chi connectivity index (χ3v) is 20.6. The number of hydrogen-bond acceptors (Lipinski definition) is 29. The van der Waals surface area contributed by atoms with E-state index < -0.39 is 11.4 Å². The lowest BCUT2D eigenvalue weighted by Gasteiger charge is -2.02. The zero-order valence-corrected chi connectivity index (χ0v) is 60.5. The Labute approximate surface area is 590 Å². The van der Waals surface area contributed by atoms with Crippen molar-refractivity contribution in [2.45, 2.75) is 27.7 Å². The molecule has 0 unspecified atom stereocenters. The van der Waals surface area contributed by atoms with Crippen molar-refractivity contribution in [1.82, 2.24) is 69.8 Å². The molecule has 494 valence electrons. The minimum absolute atomic E-state index is 0.144. The van der Waals surface area contributed by atoms with E-state index in [1.54, 1.807) is 84.3 Å². The summed E-state index contributed by atoms with van der Waals surface area (Å²) in [6.07, 6.45) is 0. The first-order valence-electron chi connectivity index (χ1n) is 26.2. The second kappa shape index (κ2) is 33.5. The van der Waals surface area contributed by atoms with Gasteiger partial charge in [0.05, 0.1) is 89.3 Å². The van der Waals surface area contributed by atoms with Crippen LogP contribution in [0.1, 0.15) is 29.2 Å². The molecule has 0 aromatic carbocycles. The smallest absolute Gasteiger partial charge is 0.350 e. The van der Waals surface area contributed by atoms with E-state index in [0.717, 1.165) is 55.5 Å². The van der Waals surface area contributed by atoms with Crippen molar-refractivity contribution >= 4 is 232 Å². The van der Waals surface area contributed by atoms with Crippen LogP contribution in [-0.4, -0.2) is 111 Å². The number of carbonyl (C=O) groups excluding carboxylic acids is 1. The van der Waals surface area contributed by atoms with Crippen molar-refractivity contribution in [3.05, 3.63) is 173 Å². The summed E-state index contributed by atoms with van der Waals surface area (Å²) in [5.74, 6) is 0.773. The quantitative estimate of drug-likeness (QED) is 0.0529. The molecule has 15 aromatic heterocycles. The number of aryl methyl sites for hydroxylation is 4. The van der Waals surface area contributed by atoms with Gasteiger partial charge in [0.1, 0.15) is 28.4 Å². The molecule has 15 aromatic rings. The van der Waals surface area contributed by atoms with E-state index in [9.17, 15) is 28.8 Å². The van der Waals surface area contributed by atoms with Gasteiger partial charge in [-0.15, -0.1) is 90.7 Å². The Morgan fingerprint density at radius 2 is 0.863 bits per heavy atom. The first-order chi connectivity index (χ1) is 45.4. The van der Waals surface area contributed by atoms with Gasteiger partial charge in [-0.3, -0.25) is 29.3 Å². The number of methoxy groups -OCH3 is 5. The topological polar surface area (TPSA) is 370 Å². The van der Waals surface area contributed by atoms with E-state index in [2.05, 4.69) is 74.5 Å². The van der Waals surface area contributed by atoms with Crippen LogP contribution >= 0.6 is 149 Å². The molecule has 0 fully saturated rings. The van der Waals surface area contributed by atoms with E-state index >= 15 is 0 Å². The highest BCUT2D eigenvalue weighted by atomic mass is 35.5. The van der Waals surface area contributed by atoms with Gasteiger partial charge < -0.3 is 39.4 Å². The van der Waals surface area contributed by atoms with Crippen molar-refractivity contribution in [2.24, 2.45) is 0 Å². The molecule has 0 spiro atoms. The van der Waals surface area contributed by atoms with E-state index in [1.807, 2.05) is 68.8 Å². The highest BCUT2D eigenvalue weighted by molar-refractivity contribution is 7.20. The summed E-state index contributed by atoms with van der Waals surface area (Å²) in [5.41, 5.74) is 9.45. The number of rotatable bonds is 5. The summed E-state index contributed by atoms with van der Waals surface area (Å²) in [5, 5.41) is 8.76. The lowest BCUT2D eigenvalue weighted by Crippen LogP contribution is -2.20. The summed E-state index contributed by atoms with van der Waals surface area (Å²) in [4.78, 5) is 119. The van der Waals surface area contributed by atoms with Crippen molar-refractivity contribution in [1.29, 1.82) is 0 Å². The Kier molecular flexibility index (Phi) is 25.7. The number of carbonyl (C=O) groups is 1. The van der Waals surface area contributed by atoms with Gasteiger partial charge in [0, 0.05) is 19.5 Å². The van der Waals surface area contributed by atoms with Gasteiger partial charge in [0.2, 0.25) is 27.6 Å². The van der Waals surface area contributed by atoms with Gasteiger partial charge in [-0.05, 0) is 133 Å². The number of anilines is 1. The summed E-state index contributed by atoms with van der Waals surface area (Å²) in [7, 11) is 7.59. The average Bonchev–Trinajstić information content (AvgIpc) is 1.75. The molecule has 0 bridgehead atoms. The number of aromatic nitrogens is 14. The molecule has 15 rings (SSSR count). The predicted octanol–water partition coefficient (Wildman–Crippen LogP) is 14.0. The fourth-order valence-corrected chi connectivity index (χ4v) is 15.3. The van der Waals surface area contributed by atoms with Crippen molar-refractivity contribution in [2.75, 3.05) is 41.3 Å². The molecule has 0 saturated carbocycles. The molecule has 0 aliphatic carbocycles. The molecule has 0 atom stereocenters. The number of fused-ring (bicyclic) bond motifs is 7. The maximum absolute atomic E-state index is 11.2. The lowest BCUT2D eigenvalue weighted by atomic mass is 10.4. The normalized spacial score (nSPS) is 10.5. The number of H-pyrrole nitrogens is 5. The molecule has 0 saturated heterocycles. The molecular formula is C56H46Cl5N15O11S8. The molecule has 15 heterocycles. The fraction of sp³-hybridized carbons (Fsp3) is 0.161. The molecule has 0 amide bonds. The Hall–Kier alpha value is -8.10. The van der Waals surface area contributed by atoms with Crippen molar-refractivity contribution < 1.29 is 28.5 Å². The van der Waals surface area contributed by atoms with Crippen molar-refractivity contribution in [3.63, 3.8) is 0 Å². The van der Waals surface area contributed by atoms with Gasteiger partial charge in [-0.1, -0.05) is 23.2 Å². The predicted molar refractivity (Wildman–Crippen MR) is 386 cm³/mol. The first-order valence-corrected chi connectivity index (χ1v) is 34.9. The lowest BCUT2D eigenvalue weighted by molar-refractivity contribution is 0.0607. The van der Waals surface area contributed by atoms with Crippen LogP contribution in [0, 0.1) is 27.7 Å². The Bertz CT molecular complexity index is 5500. The van der Waals surface area contributed by atoms with Crippen molar-refractivity contribution in [3.8, 4) is 23.8 Å². The highest BCUT2D eigenvalue weighted by Crippen LogP contribution is 2.34. The fourth-order valence-electron chi connectivity index (χ4n) is 7.66. The molecule has 39 heteroatoms. The molecule has 7 N–H and O–H groups in total. The summed E-state index contributed by atoms with van der Waals surface area (Å²) in [6, 6.07) is 15.4. The first kappa shape index (κ1) is 72.7. The largest absolute Gasteiger partial charge is 0.480 e. The third kappa shape index (κ3) is 19.1. The minimum atomic E-state index is -0.457. The molecule has 0 aliphatic rings. The zero-order valence-electron chi connectivity index (χ0n) is 50.2. The number of ether oxygens (including phenoxy) is 5. The maximum Gasteiger partial charge on any atom is 0.350 e. The number of aromatic amines is 5. The van der Waals surface area contributed by atoms with E-state index in [1.165, 1.54) is 75.8 Å². The molecule has 26 nitrogen and oxygen atoms in total. The zero-order chi connectivity index (χ0) is 68.8. The van der Waals surface area contributed by atoms with Gasteiger partial charge in [0.15, 0.2) is 10.3 Å². The molecular weight excluding hydrogens is 1490 g/mol. The number of nitrogens with zero attached hydrogens (tertiary/aromatic N) is 9. The SMILES string of the molecule is COC(=O)c1sccc1N.COc1nc(OC)c2sc(C)cc2n1.COc1nc(OC)c2sccc2n1.Cc1cc2[nH]c(=O)[nH]c(=O)c2s1.Cc1cc2nc(Cl)[nH]c(=O)c2s1.Cc1cc2nc(Cl)nc(Cl)c2s1.Clc1nc(Cl)c2sccc2n1.O=c1[nH]c(=O)c2sccc2[nH]1. The summed E-state index contributed by atoms with van der Waals surface area (Å²) < 4.78 is 30.1. The number of hydrogen-bond donors (Lipinski definition) is 6. The highest BCUT2D eigenvalue weighted by Gasteiger charge is 2.14. The number of thiophene rings is 8. The Balaban J connectivity index is 0.000000139. The van der Waals surface area contributed by atoms with Crippen LogP contribution in [0.3, 0.4) is 0 Å². The minimum Gasteiger partial charge on any atom is -0.480 e. The van der Waals surface area contributed by atoms with Gasteiger partial charge >= 0.3 is 29.4 Å². The number of nitrogens with two attached hydrogens (primary N) is 1. The second-order valence-electron chi connectivity index (χ2n) is 18.1. The Morgan fingerprint density at radius 1 is 0.421 bits per heavy atom. The maximum atomic E-state index is 11.2. The van der Waals surface area contributed by atoms with Gasteiger partial charge in [0.25, 0.3) is 16.7 Å². The monoisotopic (exact) mass is 1530 g/mol. The van der Waals surface area contributed by atoms with Crippen LogP contribution in [0.4, 0.5) is 5.69 Å². The second-order valence-corrected chi connectivity index (χ2v) is 28.6. The van der Waals surface area contributed by atoms with E-state index in [4.69, 9.17) is 82.7 Å². The summed E-state index contributed by atoms with van der Waals surface area (Å²) >= 11 is 40.0. The molecule has 0 radical (unpaired) electrons. The van der Waals surface area contributed by atoms with Crippen LogP contribution in [-0.2, 0) is 4.74 Å². The number of nitrogen functional groups attached to an aromatic ring is 1. The van der Waals surface area contributed by atoms with Gasteiger partial charge in [-0.2, -0.15) is 19.9 Å². The standard InChI is InChI=1S/C9H10N2O2S.C8H8N2O2S.C7H4Cl2N2S.C7H5ClN2OS.C7H6N2O2S.C6H2Cl2N2S.C6H4N2O2S.C6H7NO2S/c1-5-4-6-7(14-5)8(12-2)11-9(10-6)13-3;1-11-7-6-5(3-4-13-6)9-8(10-7)12-2;1-3-2-4-5(12-3)6(8)11-7(9)10-4;1-3-2-4-5(12-3)6(11)10-7(8)9-4;1-3-2-4-5(12-3)6(10)9-7(11)8-4;7-5-4-3(1-2-11-4)9-6(8)10-5;9-5-4-3(1-2-11-4)7-6(10)8-5;1-9-6(8)5-4(7)2-3-10-5/h4H,1-3H3;3-4H,1-2H3;2H,1H3;2H,1H3,(H,9,10,11);2H,1H3,(H2,8,9,10,11);1-2H;1-2H,(H2,7,8,9,10);2-3H,7H2,1H3. The van der Waals surface area contributed by atoms with E-state index in [0.29, 0.717) is 75.3 Å². The number of halogens is 5. The number of nitrogens with one attached hydrogen (secondary N) is 5. The summed E-state index contributed by atoms with van der Waals surface area (Å²) in [6.45, 7) is 7.84. The van der Waals surface area contributed by atoms with Crippen LogP contribution in [0.2, 0.25) is 26.2 Å². The molecule has 0 aliphatic heterocycles.